The van der Waals surface area contributed by atoms with Crippen molar-refractivity contribution in [3.63, 3.8) is 0 Å². The molecule has 0 fully saturated rings. The SMILES string of the molecule is CCOC(=O)c1cnn(-c2nc(OC)c3c(cnn3CCCOc3ccc(Cl)cc3)n2)c1. The second-order valence-electron chi connectivity index (χ2n) is 6.68. The van der Waals surface area contributed by atoms with Gasteiger partial charge in [0.05, 0.1) is 38.3 Å². The van der Waals surface area contributed by atoms with E-state index >= 15 is 0 Å². The molecule has 4 rings (SSSR count). The Morgan fingerprint density at radius 1 is 1.12 bits per heavy atom. The van der Waals surface area contributed by atoms with Crippen molar-refractivity contribution in [2.75, 3.05) is 20.3 Å². The number of methoxy groups -OCH3 is 1. The van der Waals surface area contributed by atoms with Crippen LogP contribution in [0.2, 0.25) is 5.02 Å². The van der Waals surface area contributed by atoms with E-state index in [0.717, 1.165) is 5.75 Å². The van der Waals surface area contributed by atoms with E-state index in [1.54, 1.807) is 29.9 Å². The fourth-order valence-corrected chi connectivity index (χ4v) is 3.18. The summed E-state index contributed by atoms with van der Waals surface area (Å²) >= 11 is 5.89. The minimum atomic E-state index is -0.458. The van der Waals surface area contributed by atoms with Crippen LogP contribution in [0, 0.1) is 0 Å². The monoisotopic (exact) mass is 456 g/mol. The fraction of sp³-hybridized carbons (Fsp3) is 0.286. The Morgan fingerprint density at radius 3 is 2.69 bits per heavy atom. The standard InChI is InChI=1S/C21H21ClN6O4/c1-3-31-20(29)14-11-23-28(13-14)21-25-17-12-24-27(18(17)19(26-21)30-2)9-4-10-32-16-7-5-15(22)6-8-16/h5-8,11-13H,3-4,9-10H2,1-2H3. The number of carbonyl (C=O) groups excluding carboxylic acids is 1. The minimum Gasteiger partial charge on any atom is -0.494 e. The predicted molar refractivity (Wildman–Crippen MR) is 117 cm³/mol. The third-order valence-corrected chi connectivity index (χ3v) is 4.79. The molecular formula is C21H21ClN6O4. The van der Waals surface area contributed by atoms with Gasteiger partial charge >= 0.3 is 5.97 Å². The highest BCUT2D eigenvalue weighted by Crippen LogP contribution is 2.24. The van der Waals surface area contributed by atoms with Crippen molar-refractivity contribution in [2.45, 2.75) is 19.9 Å². The number of fused-ring (bicyclic) bond motifs is 1. The molecule has 0 amide bonds. The van der Waals surface area contributed by atoms with E-state index in [9.17, 15) is 4.79 Å². The first-order valence-electron chi connectivity index (χ1n) is 9.97. The van der Waals surface area contributed by atoms with Gasteiger partial charge < -0.3 is 14.2 Å². The average molecular weight is 457 g/mol. The summed E-state index contributed by atoms with van der Waals surface area (Å²) < 4.78 is 19.4. The number of esters is 1. The van der Waals surface area contributed by atoms with Crippen LogP contribution in [0.5, 0.6) is 11.6 Å². The first kappa shape index (κ1) is 21.6. The lowest BCUT2D eigenvalue weighted by Gasteiger charge is -2.09. The molecule has 0 aliphatic heterocycles. The molecule has 0 aliphatic carbocycles. The van der Waals surface area contributed by atoms with Crippen LogP contribution in [0.25, 0.3) is 17.0 Å². The number of halogens is 1. The summed E-state index contributed by atoms with van der Waals surface area (Å²) in [6.45, 7) is 3.12. The summed E-state index contributed by atoms with van der Waals surface area (Å²) in [6, 6.07) is 7.22. The van der Waals surface area contributed by atoms with Crippen LogP contribution in [0.15, 0.2) is 42.9 Å². The van der Waals surface area contributed by atoms with Crippen molar-refractivity contribution in [2.24, 2.45) is 0 Å². The number of carbonyl (C=O) groups is 1. The van der Waals surface area contributed by atoms with E-state index < -0.39 is 5.97 Å². The lowest BCUT2D eigenvalue weighted by atomic mass is 10.3. The second kappa shape index (κ2) is 9.65. The average Bonchev–Trinajstić information content (AvgIpc) is 3.45. The number of ether oxygens (including phenoxy) is 3. The van der Waals surface area contributed by atoms with Crippen LogP contribution >= 0.6 is 11.6 Å². The Labute approximate surface area is 188 Å². The maximum atomic E-state index is 11.9. The molecule has 0 radical (unpaired) electrons. The Balaban J connectivity index is 1.49. The molecule has 0 spiro atoms. The van der Waals surface area contributed by atoms with Crippen molar-refractivity contribution >= 4 is 28.6 Å². The largest absolute Gasteiger partial charge is 0.494 e. The molecule has 3 aromatic heterocycles. The van der Waals surface area contributed by atoms with Crippen LogP contribution in [0.3, 0.4) is 0 Å². The molecule has 0 unspecified atom stereocenters. The number of aryl methyl sites for hydroxylation is 1. The van der Waals surface area contributed by atoms with Gasteiger partial charge in [-0.25, -0.2) is 14.5 Å². The van der Waals surface area contributed by atoms with Gasteiger partial charge in [0.15, 0.2) is 0 Å². The number of benzene rings is 1. The second-order valence-corrected chi connectivity index (χ2v) is 7.12. The molecule has 32 heavy (non-hydrogen) atoms. The third kappa shape index (κ3) is 4.65. The molecule has 0 saturated carbocycles. The normalized spacial score (nSPS) is 11.0. The van der Waals surface area contributed by atoms with Crippen LogP contribution in [0.4, 0.5) is 0 Å². The molecular weight excluding hydrogens is 436 g/mol. The van der Waals surface area contributed by atoms with Gasteiger partial charge in [0, 0.05) is 24.2 Å². The van der Waals surface area contributed by atoms with Crippen LogP contribution < -0.4 is 9.47 Å². The molecule has 0 atom stereocenters. The molecule has 10 nitrogen and oxygen atoms in total. The highest BCUT2D eigenvalue weighted by atomic mass is 35.5. The van der Waals surface area contributed by atoms with Crippen molar-refractivity contribution in [3.05, 3.63) is 53.4 Å². The molecule has 4 aromatic rings. The summed E-state index contributed by atoms with van der Waals surface area (Å²) in [5.41, 5.74) is 1.57. The first-order valence-corrected chi connectivity index (χ1v) is 10.3. The predicted octanol–water partition coefficient (Wildman–Crippen LogP) is 3.32. The van der Waals surface area contributed by atoms with E-state index in [2.05, 4.69) is 20.2 Å². The van der Waals surface area contributed by atoms with E-state index in [4.69, 9.17) is 25.8 Å². The summed E-state index contributed by atoms with van der Waals surface area (Å²) in [5, 5.41) is 9.23. The summed E-state index contributed by atoms with van der Waals surface area (Å²) in [4.78, 5) is 20.8. The molecule has 166 valence electrons. The zero-order valence-corrected chi connectivity index (χ0v) is 18.3. The highest BCUT2D eigenvalue weighted by Gasteiger charge is 2.17. The summed E-state index contributed by atoms with van der Waals surface area (Å²) in [5.74, 6) is 0.914. The quantitative estimate of drug-likeness (QED) is 0.279. The topological polar surface area (TPSA) is 106 Å². The minimum absolute atomic E-state index is 0.260. The van der Waals surface area contributed by atoms with Crippen LogP contribution in [-0.2, 0) is 11.3 Å². The van der Waals surface area contributed by atoms with Crippen molar-refractivity contribution in [1.82, 2.24) is 29.5 Å². The number of hydrogen-bond donors (Lipinski definition) is 0. The third-order valence-electron chi connectivity index (χ3n) is 4.53. The molecule has 0 bridgehead atoms. The van der Waals surface area contributed by atoms with Gasteiger partial charge in [0.1, 0.15) is 16.8 Å². The molecule has 0 N–H and O–H groups in total. The Kier molecular flexibility index (Phi) is 6.50. The zero-order chi connectivity index (χ0) is 22.5. The lowest BCUT2D eigenvalue weighted by Crippen LogP contribution is -2.08. The Bertz CT molecular complexity index is 1220. The maximum Gasteiger partial charge on any atom is 0.341 e. The summed E-state index contributed by atoms with van der Waals surface area (Å²) in [7, 11) is 1.53. The molecule has 0 aliphatic rings. The molecule has 0 saturated heterocycles. The number of nitrogens with zero attached hydrogens (tertiary/aromatic N) is 6. The van der Waals surface area contributed by atoms with Gasteiger partial charge in [-0.05, 0) is 31.2 Å². The van der Waals surface area contributed by atoms with E-state index in [0.29, 0.717) is 47.1 Å². The summed E-state index contributed by atoms with van der Waals surface area (Å²) in [6.07, 6.45) is 5.27. The first-order chi connectivity index (χ1) is 15.6. The smallest absolute Gasteiger partial charge is 0.341 e. The van der Waals surface area contributed by atoms with Crippen LogP contribution in [0.1, 0.15) is 23.7 Å². The number of rotatable bonds is 9. The lowest BCUT2D eigenvalue weighted by molar-refractivity contribution is 0.0526. The van der Waals surface area contributed by atoms with E-state index in [1.165, 1.54) is 24.2 Å². The molecule has 11 heteroatoms. The highest BCUT2D eigenvalue weighted by molar-refractivity contribution is 6.30. The van der Waals surface area contributed by atoms with Gasteiger partial charge in [0.25, 0.3) is 5.95 Å². The van der Waals surface area contributed by atoms with Crippen molar-refractivity contribution < 1.29 is 19.0 Å². The van der Waals surface area contributed by atoms with Gasteiger partial charge in [-0.3, -0.25) is 4.68 Å². The van der Waals surface area contributed by atoms with Crippen molar-refractivity contribution in [3.8, 4) is 17.6 Å². The Hall–Kier alpha value is -3.66. The molecule has 1 aromatic carbocycles. The van der Waals surface area contributed by atoms with E-state index in [1.807, 2.05) is 12.1 Å². The van der Waals surface area contributed by atoms with E-state index in [-0.39, 0.29) is 12.6 Å². The van der Waals surface area contributed by atoms with Gasteiger partial charge in [-0.15, -0.1) is 0 Å². The molecule has 3 heterocycles. The number of aromatic nitrogens is 6. The van der Waals surface area contributed by atoms with Crippen molar-refractivity contribution in [1.29, 1.82) is 0 Å². The van der Waals surface area contributed by atoms with Crippen LogP contribution in [-0.4, -0.2) is 55.8 Å². The fourth-order valence-electron chi connectivity index (χ4n) is 3.06. The maximum absolute atomic E-state index is 11.9. The number of hydrogen-bond acceptors (Lipinski definition) is 8. The van der Waals surface area contributed by atoms with Gasteiger partial charge in [-0.1, -0.05) is 11.6 Å². The van der Waals surface area contributed by atoms with Gasteiger partial charge in [0.2, 0.25) is 5.88 Å². The zero-order valence-electron chi connectivity index (χ0n) is 17.6. The Morgan fingerprint density at radius 2 is 1.94 bits per heavy atom. The van der Waals surface area contributed by atoms with Gasteiger partial charge in [-0.2, -0.15) is 15.2 Å².